The van der Waals surface area contributed by atoms with Crippen molar-refractivity contribution in [3.05, 3.63) is 11.6 Å². The fraction of sp³-hybridized carbons (Fsp3) is 0.571. The van der Waals surface area contributed by atoms with E-state index in [0.29, 0.717) is 23.0 Å². The van der Waals surface area contributed by atoms with Crippen molar-refractivity contribution in [3.63, 3.8) is 0 Å². The molecule has 12 heavy (non-hydrogen) atoms. The molecule has 0 saturated heterocycles. The highest BCUT2D eigenvalue weighted by atomic mass is 16.5. The van der Waals surface area contributed by atoms with Crippen LogP contribution < -0.4 is 15.4 Å². The summed E-state index contributed by atoms with van der Waals surface area (Å²) in [6, 6.07) is 0. The molecule has 0 fully saturated rings. The summed E-state index contributed by atoms with van der Waals surface area (Å²) >= 11 is 0. The number of oxazole rings is 1. The summed E-state index contributed by atoms with van der Waals surface area (Å²) in [4.78, 5) is 0. The molecule has 0 saturated carbocycles. The molecular formula is C7H13N3O2. The van der Waals surface area contributed by atoms with E-state index in [-0.39, 0.29) is 0 Å². The second-order valence-electron chi connectivity index (χ2n) is 2.29. The fourth-order valence-corrected chi connectivity index (χ4v) is 0.921. The second kappa shape index (κ2) is 3.85. The van der Waals surface area contributed by atoms with Crippen molar-refractivity contribution in [1.29, 1.82) is 0 Å². The lowest BCUT2D eigenvalue weighted by atomic mass is 10.6. The van der Waals surface area contributed by atoms with Crippen LogP contribution >= 0.6 is 0 Å². The van der Waals surface area contributed by atoms with Gasteiger partial charge in [-0.15, -0.1) is 0 Å². The average Bonchev–Trinajstić information content (AvgIpc) is 2.37. The highest BCUT2D eigenvalue weighted by molar-refractivity contribution is 5.52. The zero-order valence-corrected chi connectivity index (χ0v) is 7.26. The molecule has 1 aromatic heterocycles. The summed E-state index contributed by atoms with van der Waals surface area (Å²) in [6.45, 7) is 5.28. The topological polar surface area (TPSA) is 64.1 Å². The van der Waals surface area contributed by atoms with Gasteiger partial charge in [-0.05, 0) is 13.8 Å². The van der Waals surface area contributed by atoms with Gasteiger partial charge in [0, 0.05) is 6.54 Å². The molecule has 0 atom stereocenters. The van der Waals surface area contributed by atoms with E-state index in [2.05, 4.69) is 10.6 Å². The Morgan fingerprint density at radius 2 is 2.08 bits per heavy atom. The van der Waals surface area contributed by atoms with Crippen molar-refractivity contribution in [1.82, 2.24) is 0 Å². The zero-order valence-electron chi connectivity index (χ0n) is 7.26. The van der Waals surface area contributed by atoms with Crippen molar-refractivity contribution >= 4 is 11.7 Å². The number of anilines is 2. The van der Waals surface area contributed by atoms with Gasteiger partial charge in [-0.2, -0.15) is 0 Å². The molecule has 5 heteroatoms. The van der Waals surface area contributed by atoms with Crippen molar-refractivity contribution in [2.75, 3.05) is 23.7 Å². The van der Waals surface area contributed by atoms with Crippen molar-refractivity contribution in [2.45, 2.75) is 13.8 Å². The largest absolute Gasteiger partial charge is 0.708 e. The minimum Gasteiger partial charge on any atom is -0.708 e. The van der Waals surface area contributed by atoms with Crippen LogP contribution in [0.5, 0.6) is 0 Å². The summed E-state index contributed by atoms with van der Waals surface area (Å²) < 4.78 is 5.63. The first-order valence-corrected chi connectivity index (χ1v) is 3.98. The molecule has 1 aromatic rings. The summed E-state index contributed by atoms with van der Waals surface area (Å²) in [6.07, 6.45) is 1.12. The normalized spacial score (nSPS) is 9.83. The van der Waals surface area contributed by atoms with Gasteiger partial charge >= 0.3 is 5.82 Å². The van der Waals surface area contributed by atoms with Gasteiger partial charge in [-0.25, -0.2) is 4.73 Å². The fourth-order valence-electron chi connectivity index (χ4n) is 0.921. The van der Waals surface area contributed by atoms with Gasteiger partial charge in [0.15, 0.2) is 0 Å². The third-order valence-electron chi connectivity index (χ3n) is 1.38. The lowest BCUT2D eigenvalue weighted by Gasteiger charge is -2.01. The van der Waals surface area contributed by atoms with Gasteiger partial charge in [0.05, 0.1) is 6.54 Å². The second-order valence-corrected chi connectivity index (χ2v) is 2.29. The van der Waals surface area contributed by atoms with Crippen LogP contribution in [0.25, 0.3) is 0 Å². The standard InChI is InChI=1S/C7H13N3O2/c1-3-8-6-7(9-4-2)12-5-10(6)11/h5,8-9H,3-4H2,1-2H3. The maximum absolute atomic E-state index is 11.0. The number of rotatable bonds is 4. The lowest BCUT2D eigenvalue weighted by Crippen LogP contribution is -2.27. The van der Waals surface area contributed by atoms with Gasteiger partial charge in [-0.1, -0.05) is 0 Å². The van der Waals surface area contributed by atoms with Gasteiger partial charge in [-0.3, -0.25) is 5.32 Å². The van der Waals surface area contributed by atoms with E-state index in [1.165, 1.54) is 0 Å². The third kappa shape index (κ3) is 1.61. The summed E-state index contributed by atoms with van der Waals surface area (Å²) in [5.41, 5.74) is 0. The van der Waals surface area contributed by atoms with Gasteiger partial charge in [0.25, 0.3) is 12.3 Å². The van der Waals surface area contributed by atoms with E-state index in [9.17, 15) is 5.21 Å². The van der Waals surface area contributed by atoms with Crippen molar-refractivity contribution in [3.8, 4) is 0 Å². The molecule has 0 bridgehead atoms. The van der Waals surface area contributed by atoms with E-state index < -0.39 is 0 Å². The molecule has 0 aliphatic carbocycles. The van der Waals surface area contributed by atoms with Crippen LogP contribution in [0.2, 0.25) is 0 Å². The number of hydrogen-bond donors (Lipinski definition) is 2. The van der Waals surface area contributed by atoms with Crippen LogP contribution in [0.1, 0.15) is 13.8 Å². The van der Waals surface area contributed by atoms with E-state index in [0.717, 1.165) is 12.9 Å². The maximum Gasteiger partial charge on any atom is 0.341 e. The predicted molar refractivity (Wildman–Crippen MR) is 46.0 cm³/mol. The lowest BCUT2D eigenvalue weighted by molar-refractivity contribution is -0.594. The monoisotopic (exact) mass is 171 g/mol. The van der Waals surface area contributed by atoms with Crippen LogP contribution in [0.15, 0.2) is 10.8 Å². The molecule has 5 nitrogen and oxygen atoms in total. The molecule has 0 aliphatic rings. The Bertz CT molecular complexity index is 247. The zero-order chi connectivity index (χ0) is 8.97. The van der Waals surface area contributed by atoms with E-state index in [1.54, 1.807) is 0 Å². The molecule has 0 aliphatic heterocycles. The summed E-state index contributed by atoms with van der Waals surface area (Å²) in [5, 5.41) is 16.9. The van der Waals surface area contributed by atoms with E-state index in [1.807, 2.05) is 13.8 Å². The van der Waals surface area contributed by atoms with Crippen molar-refractivity contribution < 1.29 is 9.15 Å². The quantitative estimate of drug-likeness (QED) is 0.519. The Balaban J connectivity index is 2.80. The SMILES string of the molecule is CCNc1oc[n+]([O-])c1NCC. The highest BCUT2D eigenvalue weighted by Crippen LogP contribution is 2.16. The predicted octanol–water partition coefficient (Wildman–Crippen LogP) is 0.777. The van der Waals surface area contributed by atoms with Gasteiger partial charge in [0.1, 0.15) is 0 Å². The molecule has 0 aromatic carbocycles. The number of aromatic nitrogens is 1. The van der Waals surface area contributed by atoms with Gasteiger partial charge in [0.2, 0.25) is 0 Å². The maximum atomic E-state index is 11.0. The Morgan fingerprint density at radius 1 is 1.42 bits per heavy atom. The van der Waals surface area contributed by atoms with E-state index in [4.69, 9.17) is 4.42 Å². The molecule has 0 spiro atoms. The summed E-state index contributed by atoms with van der Waals surface area (Å²) in [7, 11) is 0. The van der Waals surface area contributed by atoms with Crippen LogP contribution in [-0.4, -0.2) is 13.1 Å². The molecule has 0 amide bonds. The van der Waals surface area contributed by atoms with Crippen LogP contribution in [0, 0.1) is 5.21 Å². The first-order chi connectivity index (χ1) is 5.79. The number of nitrogens with zero attached hydrogens (tertiary/aromatic N) is 1. The Kier molecular flexibility index (Phi) is 2.79. The Hall–Kier alpha value is -1.39. The number of nitrogens with one attached hydrogen (secondary N) is 2. The van der Waals surface area contributed by atoms with Crippen molar-refractivity contribution in [2.24, 2.45) is 0 Å². The Morgan fingerprint density at radius 3 is 2.67 bits per heavy atom. The average molecular weight is 171 g/mol. The highest BCUT2D eigenvalue weighted by Gasteiger charge is 2.13. The van der Waals surface area contributed by atoms with Crippen LogP contribution in [0.4, 0.5) is 11.7 Å². The summed E-state index contributed by atoms with van der Waals surface area (Å²) in [5.74, 6) is 0.939. The van der Waals surface area contributed by atoms with Crippen LogP contribution in [0.3, 0.4) is 0 Å². The minimum absolute atomic E-state index is 0.444. The molecule has 1 rings (SSSR count). The first-order valence-electron chi connectivity index (χ1n) is 3.98. The Labute approximate surface area is 71.0 Å². The molecule has 0 unspecified atom stereocenters. The smallest absolute Gasteiger partial charge is 0.341 e. The van der Waals surface area contributed by atoms with E-state index >= 15 is 0 Å². The molecule has 0 radical (unpaired) electrons. The minimum atomic E-state index is 0.444. The third-order valence-corrected chi connectivity index (χ3v) is 1.38. The van der Waals surface area contributed by atoms with Gasteiger partial charge < -0.3 is 14.9 Å². The molecule has 1 heterocycles. The first kappa shape index (κ1) is 8.70. The number of hydrogen-bond acceptors (Lipinski definition) is 4. The molecule has 68 valence electrons. The molecule has 2 N–H and O–H groups in total. The van der Waals surface area contributed by atoms with Crippen LogP contribution in [-0.2, 0) is 0 Å². The molecular weight excluding hydrogens is 158 g/mol.